The second-order valence-electron chi connectivity index (χ2n) is 10.4. The Labute approximate surface area is 230 Å². The van der Waals surface area contributed by atoms with Crippen molar-refractivity contribution in [3.8, 4) is 11.1 Å². The van der Waals surface area contributed by atoms with Crippen LogP contribution in [-0.4, -0.2) is 47.9 Å². The van der Waals surface area contributed by atoms with Gasteiger partial charge in [-0.3, -0.25) is 0 Å². The van der Waals surface area contributed by atoms with Crippen LogP contribution in [0.2, 0.25) is 5.02 Å². The number of methoxy groups -OCH3 is 1. The predicted octanol–water partition coefficient (Wildman–Crippen LogP) is 6.92. The first-order chi connectivity index (χ1) is 17.9. The van der Waals surface area contributed by atoms with Crippen LogP contribution >= 0.6 is 11.6 Å². The zero-order valence-electron chi connectivity index (χ0n) is 22.9. The van der Waals surface area contributed by atoms with Crippen molar-refractivity contribution in [2.45, 2.75) is 52.7 Å². The van der Waals surface area contributed by atoms with Gasteiger partial charge in [-0.15, -0.1) is 0 Å². The van der Waals surface area contributed by atoms with Gasteiger partial charge in [-0.05, 0) is 98.7 Å². The van der Waals surface area contributed by atoms with Gasteiger partial charge in [0.2, 0.25) is 0 Å². The largest absolute Gasteiger partial charge is 0.465 e. The first-order valence-electron chi connectivity index (χ1n) is 12.6. The van der Waals surface area contributed by atoms with E-state index >= 15 is 0 Å². The van der Waals surface area contributed by atoms with Crippen LogP contribution in [0.5, 0.6) is 0 Å². The number of carbonyl (C=O) groups excluding carboxylic acids is 2. The summed E-state index contributed by atoms with van der Waals surface area (Å²) in [4.78, 5) is 26.4. The normalized spacial score (nSPS) is 12.1. The average molecular weight is 538 g/mol. The van der Waals surface area contributed by atoms with Crippen LogP contribution < -0.4 is 0 Å². The zero-order chi connectivity index (χ0) is 28.0. The van der Waals surface area contributed by atoms with E-state index in [0.29, 0.717) is 29.1 Å². The van der Waals surface area contributed by atoms with Crippen LogP contribution in [0.15, 0.2) is 60.7 Å². The van der Waals surface area contributed by atoms with E-state index in [0.717, 1.165) is 27.8 Å². The Kier molecular flexibility index (Phi) is 9.58. The van der Waals surface area contributed by atoms with Crippen molar-refractivity contribution in [3.63, 3.8) is 0 Å². The number of nitrogens with zero attached hydrogens (tertiary/aromatic N) is 1. The molecule has 202 valence electrons. The van der Waals surface area contributed by atoms with Crippen LogP contribution in [0.4, 0.5) is 4.79 Å². The van der Waals surface area contributed by atoms with Gasteiger partial charge in [0.05, 0.1) is 25.3 Å². The molecule has 1 amide bonds. The van der Waals surface area contributed by atoms with Gasteiger partial charge >= 0.3 is 12.1 Å². The first kappa shape index (κ1) is 29.2. The lowest BCUT2D eigenvalue weighted by molar-refractivity contribution is 0.0147. The summed E-state index contributed by atoms with van der Waals surface area (Å²) < 4.78 is 10.5. The molecule has 1 atom stereocenters. The highest BCUT2D eigenvalue weighted by molar-refractivity contribution is 6.30. The molecule has 0 aliphatic rings. The molecule has 0 aliphatic carbocycles. The van der Waals surface area contributed by atoms with Crippen molar-refractivity contribution in [3.05, 3.63) is 93.5 Å². The summed E-state index contributed by atoms with van der Waals surface area (Å²) in [5, 5.41) is 11.3. The quantitative estimate of drug-likeness (QED) is 0.315. The van der Waals surface area contributed by atoms with Crippen LogP contribution in [0.1, 0.15) is 59.5 Å². The van der Waals surface area contributed by atoms with E-state index in [2.05, 4.69) is 0 Å². The second-order valence-corrected chi connectivity index (χ2v) is 10.9. The molecule has 0 heterocycles. The maximum Gasteiger partial charge on any atom is 0.410 e. The van der Waals surface area contributed by atoms with Gasteiger partial charge < -0.3 is 19.5 Å². The summed E-state index contributed by atoms with van der Waals surface area (Å²) in [7, 11) is 1.38. The maximum atomic E-state index is 13.0. The van der Waals surface area contributed by atoms with E-state index in [9.17, 15) is 14.7 Å². The van der Waals surface area contributed by atoms with E-state index in [4.69, 9.17) is 21.1 Å². The van der Waals surface area contributed by atoms with E-state index < -0.39 is 17.8 Å². The van der Waals surface area contributed by atoms with E-state index in [1.165, 1.54) is 12.0 Å². The fourth-order valence-corrected chi connectivity index (χ4v) is 4.57. The number of benzene rings is 3. The number of ether oxygens (including phenoxy) is 2. The SMILES string of the molecule is COC(=O)c1cc(C)c(-c2ccc(CCN(C[C@H](O)c3cccc(Cl)c3)C(=O)OC(C)(C)C)cc2)c(C)c1. The van der Waals surface area contributed by atoms with Gasteiger partial charge in [0.1, 0.15) is 5.60 Å². The Morgan fingerprint density at radius 1 is 1.00 bits per heavy atom. The smallest absolute Gasteiger partial charge is 0.410 e. The van der Waals surface area contributed by atoms with Gasteiger partial charge in [-0.1, -0.05) is 48.0 Å². The fourth-order valence-electron chi connectivity index (χ4n) is 4.37. The van der Waals surface area contributed by atoms with Crippen LogP contribution in [0.3, 0.4) is 0 Å². The number of amides is 1. The lowest BCUT2D eigenvalue weighted by Gasteiger charge is -2.29. The van der Waals surface area contributed by atoms with Crippen LogP contribution in [0.25, 0.3) is 11.1 Å². The molecule has 6 nitrogen and oxygen atoms in total. The summed E-state index contributed by atoms with van der Waals surface area (Å²) in [5.41, 5.74) is 5.65. The maximum absolute atomic E-state index is 13.0. The number of rotatable bonds is 8. The van der Waals surface area contributed by atoms with Crippen molar-refractivity contribution in [1.29, 1.82) is 0 Å². The summed E-state index contributed by atoms with van der Waals surface area (Å²) in [6.07, 6.45) is -0.796. The molecule has 3 rings (SSSR count). The monoisotopic (exact) mass is 537 g/mol. The molecule has 0 saturated heterocycles. The highest BCUT2D eigenvalue weighted by atomic mass is 35.5. The molecular formula is C31H36ClNO5. The molecule has 0 aromatic heterocycles. The van der Waals surface area contributed by atoms with Crippen LogP contribution in [-0.2, 0) is 15.9 Å². The Balaban J connectivity index is 1.76. The van der Waals surface area contributed by atoms with Crippen molar-refractivity contribution in [2.75, 3.05) is 20.2 Å². The number of carbonyl (C=O) groups is 2. The number of aryl methyl sites for hydroxylation is 2. The Bertz CT molecular complexity index is 1260. The minimum Gasteiger partial charge on any atom is -0.465 e. The van der Waals surface area contributed by atoms with Crippen molar-refractivity contribution in [2.24, 2.45) is 0 Å². The molecule has 3 aromatic carbocycles. The molecule has 0 radical (unpaired) electrons. The number of hydrogen-bond donors (Lipinski definition) is 1. The molecule has 3 aromatic rings. The molecular weight excluding hydrogens is 502 g/mol. The minimum atomic E-state index is -0.900. The fraction of sp³-hybridized carbons (Fsp3) is 0.355. The lowest BCUT2D eigenvalue weighted by Crippen LogP contribution is -2.40. The minimum absolute atomic E-state index is 0.0816. The predicted molar refractivity (Wildman–Crippen MR) is 151 cm³/mol. The van der Waals surface area contributed by atoms with E-state index in [1.807, 2.05) is 71.0 Å². The Hall–Kier alpha value is -3.35. The lowest BCUT2D eigenvalue weighted by atomic mass is 9.93. The Morgan fingerprint density at radius 3 is 2.18 bits per heavy atom. The average Bonchev–Trinajstić information content (AvgIpc) is 2.85. The molecule has 0 spiro atoms. The summed E-state index contributed by atoms with van der Waals surface area (Å²) in [6, 6.07) is 18.8. The van der Waals surface area contributed by atoms with Gasteiger partial charge in [-0.2, -0.15) is 0 Å². The Morgan fingerprint density at radius 2 is 1.63 bits per heavy atom. The molecule has 0 saturated carbocycles. The molecule has 0 unspecified atom stereocenters. The molecule has 38 heavy (non-hydrogen) atoms. The van der Waals surface area contributed by atoms with Gasteiger partial charge in [-0.25, -0.2) is 9.59 Å². The second kappa shape index (κ2) is 12.5. The standard InChI is InChI=1S/C31H36ClNO5/c1-20-16-25(29(35)37-6)17-21(2)28(20)23-12-10-22(11-13-23)14-15-33(30(36)38-31(3,4)5)19-27(34)24-8-7-9-26(32)18-24/h7-13,16-18,27,34H,14-15,19H2,1-6H3/t27-/m0/s1. The van der Waals surface area contributed by atoms with Crippen LogP contribution in [0, 0.1) is 13.8 Å². The van der Waals surface area contributed by atoms with Crippen molar-refractivity contribution >= 4 is 23.7 Å². The number of halogens is 1. The molecule has 0 aliphatic heterocycles. The zero-order valence-corrected chi connectivity index (χ0v) is 23.6. The number of aliphatic hydroxyl groups excluding tert-OH is 1. The van der Waals surface area contributed by atoms with E-state index in [-0.39, 0.29) is 12.5 Å². The number of esters is 1. The molecule has 0 bridgehead atoms. The number of aliphatic hydroxyl groups is 1. The first-order valence-corrected chi connectivity index (χ1v) is 13.0. The third-order valence-electron chi connectivity index (χ3n) is 6.15. The number of hydrogen-bond acceptors (Lipinski definition) is 5. The topological polar surface area (TPSA) is 76.1 Å². The van der Waals surface area contributed by atoms with E-state index in [1.54, 1.807) is 24.3 Å². The molecule has 1 N–H and O–H groups in total. The highest BCUT2D eigenvalue weighted by Crippen LogP contribution is 2.29. The summed E-state index contributed by atoms with van der Waals surface area (Å²) in [5.74, 6) is -0.354. The third kappa shape index (κ3) is 7.83. The van der Waals surface area contributed by atoms with Gasteiger partial charge in [0.15, 0.2) is 0 Å². The molecule has 7 heteroatoms. The summed E-state index contributed by atoms with van der Waals surface area (Å²) >= 11 is 6.08. The van der Waals surface area contributed by atoms with Crippen molar-refractivity contribution < 1.29 is 24.2 Å². The van der Waals surface area contributed by atoms with Gasteiger partial charge in [0.25, 0.3) is 0 Å². The highest BCUT2D eigenvalue weighted by Gasteiger charge is 2.25. The summed E-state index contributed by atoms with van der Waals surface area (Å²) in [6.45, 7) is 9.86. The molecule has 0 fully saturated rings. The third-order valence-corrected chi connectivity index (χ3v) is 6.38. The van der Waals surface area contributed by atoms with Crippen molar-refractivity contribution in [1.82, 2.24) is 4.90 Å². The van der Waals surface area contributed by atoms with Gasteiger partial charge in [0, 0.05) is 11.6 Å².